The first-order valence-corrected chi connectivity index (χ1v) is 10.2. The zero-order valence-electron chi connectivity index (χ0n) is 16.7. The van der Waals surface area contributed by atoms with Gasteiger partial charge in [0.15, 0.2) is 0 Å². The van der Waals surface area contributed by atoms with Gasteiger partial charge in [-0.1, -0.05) is 12.1 Å². The molecule has 2 aliphatic heterocycles. The van der Waals surface area contributed by atoms with E-state index in [4.69, 9.17) is 0 Å². The number of hydrogen-bond donors (Lipinski definition) is 1. The first-order valence-electron chi connectivity index (χ1n) is 10.2. The molecule has 29 heavy (non-hydrogen) atoms. The Hall–Kier alpha value is -3.15. The monoisotopic (exact) mass is 390 g/mol. The van der Waals surface area contributed by atoms with Gasteiger partial charge in [-0.2, -0.15) is 5.10 Å². The number of carbonyl (C=O) groups is 2. The van der Waals surface area contributed by atoms with Gasteiger partial charge in [-0.25, -0.2) is 0 Å². The number of nitrogens with one attached hydrogen (secondary N) is 1. The zero-order valence-corrected chi connectivity index (χ0v) is 16.7. The van der Waals surface area contributed by atoms with Gasteiger partial charge in [-0.15, -0.1) is 0 Å². The maximum absolute atomic E-state index is 12.5. The van der Waals surface area contributed by atoms with Crippen molar-refractivity contribution in [2.45, 2.75) is 39.2 Å². The highest BCUT2D eigenvalue weighted by Crippen LogP contribution is 2.22. The van der Waals surface area contributed by atoms with Gasteiger partial charge >= 0.3 is 0 Å². The maximum atomic E-state index is 12.5. The number of amides is 2. The fourth-order valence-electron chi connectivity index (χ4n) is 3.74. The predicted molar refractivity (Wildman–Crippen MR) is 115 cm³/mol. The highest BCUT2D eigenvalue weighted by molar-refractivity contribution is 5.95. The molecule has 1 N–H and O–H groups in total. The molecule has 6 heteroatoms. The summed E-state index contributed by atoms with van der Waals surface area (Å²) in [5, 5.41) is 9.41. The number of benzene rings is 2. The van der Waals surface area contributed by atoms with Crippen molar-refractivity contribution < 1.29 is 9.59 Å². The lowest BCUT2D eigenvalue weighted by molar-refractivity contribution is -0.119. The minimum absolute atomic E-state index is 0.114. The number of nitrogens with zero attached hydrogens (tertiary/aromatic N) is 3. The molecule has 2 amide bonds. The van der Waals surface area contributed by atoms with Crippen LogP contribution in [0.4, 0.5) is 11.4 Å². The number of anilines is 2. The second kappa shape index (κ2) is 8.47. The van der Waals surface area contributed by atoms with Crippen molar-refractivity contribution in [1.29, 1.82) is 0 Å². The van der Waals surface area contributed by atoms with Crippen molar-refractivity contribution in [3.63, 3.8) is 0 Å². The summed E-state index contributed by atoms with van der Waals surface area (Å²) in [5.41, 5.74) is 4.63. The third-order valence-electron chi connectivity index (χ3n) is 5.40. The van der Waals surface area contributed by atoms with E-state index in [9.17, 15) is 9.59 Å². The zero-order chi connectivity index (χ0) is 20.2. The van der Waals surface area contributed by atoms with Gasteiger partial charge in [0, 0.05) is 49.4 Å². The Morgan fingerprint density at radius 3 is 2.59 bits per heavy atom. The first kappa shape index (κ1) is 19.2. The summed E-state index contributed by atoms with van der Waals surface area (Å²) in [6, 6.07) is 15.4. The largest absolute Gasteiger partial charge is 0.348 e. The van der Waals surface area contributed by atoms with Crippen LogP contribution in [0.5, 0.6) is 0 Å². The Bertz CT molecular complexity index is 936. The van der Waals surface area contributed by atoms with Crippen LogP contribution in [0.25, 0.3) is 0 Å². The molecule has 1 saturated heterocycles. The fourth-order valence-corrected chi connectivity index (χ4v) is 3.74. The van der Waals surface area contributed by atoms with Crippen LogP contribution in [0.1, 0.15) is 48.5 Å². The van der Waals surface area contributed by atoms with E-state index in [2.05, 4.69) is 10.4 Å². The summed E-state index contributed by atoms with van der Waals surface area (Å²) in [4.78, 5) is 26.5. The molecule has 0 radical (unpaired) electrons. The Kier molecular flexibility index (Phi) is 5.60. The summed E-state index contributed by atoms with van der Waals surface area (Å²) in [6.07, 6.45) is 3.59. The van der Waals surface area contributed by atoms with Crippen LogP contribution >= 0.6 is 0 Å². The number of rotatable bonds is 5. The van der Waals surface area contributed by atoms with Crippen molar-refractivity contribution in [3.8, 4) is 0 Å². The van der Waals surface area contributed by atoms with Gasteiger partial charge in [0.25, 0.3) is 5.91 Å². The minimum atomic E-state index is -0.114. The van der Waals surface area contributed by atoms with E-state index in [1.807, 2.05) is 65.4 Å². The van der Waals surface area contributed by atoms with Crippen LogP contribution < -0.4 is 15.2 Å². The van der Waals surface area contributed by atoms with E-state index in [1.165, 1.54) is 0 Å². The van der Waals surface area contributed by atoms with Crippen LogP contribution in [0, 0.1) is 0 Å². The molecule has 0 saturated carbocycles. The Labute approximate surface area is 171 Å². The fraction of sp³-hybridized carbons (Fsp3) is 0.348. The van der Waals surface area contributed by atoms with Gasteiger partial charge < -0.3 is 10.2 Å². The van der Waals surface area contributed by atoms with Crippen molar-refractivity contribution in [2.24, 2.45) is 5.10 Å². The van der Waals surface area contributed by atoms with E-state index >= 15 is 0 Å². The molecule has 2 aromatic rings. The summed E-state index contributed by atoms with van der Waals surface area (Å²) in [6.45, 7) is 4.10. The molecule has 2 aliphatic rings. The van der Waals surface area contributed by atoms with Crippen molar-refractivity contribution in [3.05, 3.63) is 59.7 Å². The summed E-state index contributed by atoms with van der Waals surface area (Å²) < 4.78 is 0. The molecule has 4 rings (SSSR count). The Morgan fingerprint density at radius 1 is 1.03 bits per heavy atom. The molecule has 0 bridgehead atoms. The van der Waals surface area contributed by atoms with Crippen LogP contribution in [-0.4, -0.2) is 30.6 Å². The summed E-state index contributed by atoms with van der Waals surface area (Å²) in [7, 11) is 0. The average Bonchev–Trinajstić information content (AvgIpc) is 3.19. The minimum Gasteiger partial charge on any atom is -0.348 e. The van der Waals surface area contributed by atoms with E-state index in [-0.39, 0.29) is 11.8 Å². The highest BCUT2D eigenvalue weighted by Gasteiger charge is 2.19. The second-order valence-corrected chi connectivity index (χ2v) is 7.61. The van der Waals surface area contributed by atoms with Crippen LogP contribution in [0.2, 0.25) is 0 Å². The van der Waals surface area contributed by atoms with Crippen molar-refractivity contribution in [2.75, 3.05) is 23.0 Å². The number of hydrazone groups is 1. The van der Waals surface area contributed by atoms with E-state index in [0.29, 0.717) is 18.5 Å². The number of piperidine rings is 1. The molecule has 2 heterocycles. The lowest BCUT2D eigenvalue weighted by Crippen LogP contribution is -2.35. The van der Waals surface area contributed by atoms with Crippen molar-refractivity contribution in [1.82, 2.24) is 5.32 Å². The van der Waals surface area contributed by atoms with Crippen LogP contribution in [0.15, 0.2) is 53.6 Å². The van der Waals surface area contributed by atoms with Gasteiger partial charge in [0.05, 0.1) is 5.69 Å². The normalized spacial score (nSPS) is 16.7. The molecule has 0 atom stereocenters. The highest BCUT2D eigenvalue weighted by atomic mass is 16.2. The lowest BCUT2D eigenvalue weighted by atomic mass is 10.1. The molecule has 0 aliphatic carbocycles. The molecule has 1 fully saturated rings. The summed E-state index contributed by atoms with van der Waals surface area (Å²) >= 11 is 0. The Morgan fingerprint density at radius 2 is 1.86 bits per heavy atom. The predicted octanol–water partition coefficient (Wildman–Crippen LogP) is 3.72. The molecule has 0 unspecified atom stereocenters. The van der Waals surface area contributed by atoms with Crippen molar-refractivity contribution >= 4 is 28.9 Å². The number of hydrogen-bond acceptors (Lipinski definition) is 4. The quantitative estimate of drug-likeness (QED) is 0.846. The first-order chi connectivity index (χ1) is 14.1. The summed E-state index contributed by atoms with van der Waals surface area (Å²) in [5.74, 6) is 0.0622. The lowest BCUT2D eigenvalue weighted by Gasteiger charge is -2.27. The van der Waals surface area contributed by atoms with E-state index < -0.39 is 0 Å². The molecular weight excluding hydrogens is 364 g/mol. The van der Waals surface area contributed by atoms with Gasteiger partial charge in [0.2, 0.25) is 5.91 Å². The van der Waals surface area contributed by atoms with Gasteiger partial charge in [-0.05, 0) is 61.7 Å². The standard InChI is InChI=1S/C23H26N4O2/c1-17-12-14-27(25-17)20-10-8-19(9-11-20)23(29)24-16-18-5-4-6-21(15-18)26-13-3-2-7-22(26)28/h4-6,8-11,15H,2-3,7,12-14,16H2,1H3,(H,24,29). The molecule has 150 valence electrons. The molecular formula is C23H26N4O2. The topological polar surface area (TPSA) is 65.0 Å². The van der Waals surface area contributed by atoms with Gasteiger partial charge in [0.1, 0.15) is 0 Å². The molecule has 2 aromatic carbocycles. The molecule has 0 spiro atoms. The Balaban J connectivity index is 1.37. The third kappa shape index (κ3) is 4.47. The van der Waals surface area contributed by atoms with Crippen LogP contribution in [-0.2, 0) is 11.3 Å². The second-order valence-electron chi connectivity index (χ2n) is 7.61. The molecule has 6 nitrogen and oxygen atoms in total. The van der Waals surface area contributed by atoms with Gasteiger partial charge in [-0.3, -0.25) is 14.6 Å². The SMILES string of the molecule is CC1=NN(c2ccc(C(=O)NCc3cccc(N4CCCCC4=O)c3)cc2)CC1. The average molecular weight is 390 g/mol. The third-order valence-corrected chi connectivity index (χ3v) is 5.40. The maximum Gasteiger partial charge on any atom is 0.251 e. The van der Waals surface area contributed by atoms with E-state index in [1.54, 1.807) is 0 Å². The van der Waals surface area contributed by atoms with E-state index in [0.717, 1.165) is 55.0 Å². The van der Waals surface area contributed by atoms with Crippen LogP contribution in [0.3, 0.4) is 0 Å². The number of carbonyl (C=O) groups excluding carboxylic acids is 2. The molecule has 0 aromatic heterocycles. The smallest absolute Gasteiger partial charge is 0.251 e.